The molecule has 204 valence electrons. The van der Waals surface area contributed by atoms with Crippen LogP contribution in [0.3, 0.4) is 0 Å². The van der Waals surface area contributed by atoms with E-state index >= 15 is 0 Å². The molecule has 0 unspecified atom stereocenters. The van der Waals surface area contributed by atoms with Crippen LogP contribution in [0.4, 0.5) is 4.79 Å². The van der Waals surface area contributed by atoms with Gasteiger partial charge in [0.1, 0.15) is 6.61 Å². The fourth-order valence-corrected chi connectivity index (χ4v) is 5.67. The molecular weight excluding hydrogens is 569 g/mol. The van der Waals surface area contributed by atoms with Crippen molar-refractivity contribution in [3.63, 3.8) is 0 Å². The van der Waals surface area contributed by atoms with Crippen LogP contribution in [-0.2, 0) is 14.0 Å². The number of carbonyl (C=O) groups excluding carboxylic acids is 1. The minimum absolute atomic E-state index is 0.00746. The largest absolute Gasteiger partial charge is 0.492 e. The molecule has 3 aromatic carbocycles. The van der Waals surface area contributed by atoms with Gasteiger partial charge < -0.3 is 19.4 Å². The van der Waals surface area contributed by atoms with Crippen LogP contribution in [0.15, 0.2) is 76.7 Å². The number of amides is 1. The number of fused-ring (bicyclic) bond motifs is 4. The van der Waals surface area contributed by atoms with Gasteiger partial charge in [-0.25, -0.2) is 4.79 Å². The van der Waals surface area contributed by atoms with Crippen molar-refractivity contribution in [1.82, 2.24) is 15.5 Å². The summed E-state index contributed by atoms with van der Waals surface area (Å²) < 4.78 is 19.4. The lowest BCUT2D eigenvalue weighted by Gasteiger charge is -2.32. The second kappa shape index (κ2) is 10.2. The first kappa shape index (κ1) is 26.8. The van der Waals surface area contributed by atoms with Crippen molar-refractivity contribution >= 4 is 46.1 Å². The Balaban J connectivity index is 1.20. The molecule has 1 aliphatic carbocycles. The predicted octanol–water partition coefficient (Wildman–Crippen LogP) is 6.88. The number of nitrogens with one attached hydrogen (secondary N) is 2. The first-order valence-corrected chi connectivity index (χ1v) is 14.2. The van der Waals surface area contributed by atoms with Gasteiger partial charge in [-0.15, -0.1) is 0 Å². The maximum absolute atomic E-state index is 13.0. The summed E-state index contributed by atoms with van der Waals surface area (Å²) in [6.07, 6.45) is 1.44. The maximum Gasteiger partial charge on any atom is 0.492 e. The van der Waals surface area contributed by atoms with Crippen LogP contribution in [0.5, 0.6) is 0 Å². The van der Waals surface area contributed by atoms with Crippen LogP contribution in [-0.4, -0.2) is 47.8 Å². The van der Waals surface area contributed by atoms with Crippen molar-refractivity contribution in [3.8, 4) is 11.1 Å². The molecule has 6 rings (SSSR count). The van der Waals surface area contributed by atoms with Gasteiger partial charge in [-0.05, 0) is 79.7 Å². The number of halogens is 1. The number of alkyl carbamates (subject to hydrolysis) is 1. The first-order valence-electron chi connectivity index (χ1n) is 13.4. The fraction of sp³-hybridized carbons (Fsp3) is 0.290. The molecule has 0 radical (unpaired) electrons. The minimum atomic E-state index is -0.646. The third-order valence-corrected chi connectivity index (χ3v) is 8.71. The topological polar surface area (TPSA) is 85.5 Å². The van der Waals surface area contributed by atoms with Crippen molar-refractivity contribution < 1.29 is 18.8 Å². The van der Waals surface area contributed by atoms with E-state index in [4.69, 9.17) is 14.0 Å². The van der Waals surface area contributed by atoms with Gasteiger partial charge in [0.25, 0.3) is 0 Å². The standard InChI is InChI=1S/C31H31BBrN3O4/c1-30(2)31(3,4)40-32(39-30)19(15-27-25-14-13-20(33)16-28(25)36-35-27)17-34-29(37)38-18-26-23-11-7-5-9-21(23)22-10-6-8-12-24(22)26/h5-16,26H,17-18H2,1-4H3,(H,34,37)(H,35,36). The number of aromatic amines is 1. The van der Waals surface area contributed by atoms with Crippen molar-refractivity contribution in [1.29, 1.82) is 0 Å². The molecule has 1 fully saturated rings. The SMILES string of the molecule is CC1(C)OB(C(=Cc2[nH]nc3cc(Br)ccc23)CNC(=O)OCC2c3ccccc3-c3ccccc32)OC1(C)C. The summed E-state index contributed by atoms with van der Waals surface area (Å²) in [4.78, 5) is 13.0. The predicted molar refractivity (Wildman–Crippen MR) is 161 cm³/mol. The van der Waals surface area contributed by atoms with E-state index in [2.05, 4.69) is 55.7 Å². The first-order chi connectivity index (χ1) is 19.1. The summed E-state index contributed by atoms with van der Waals surface area (Å²) in [5, 5.41) is 11.4. The highest BCUT2D eigenvalue weighted by Crippen LogP contribution is 2.44. The van der Waals surface area contributed by atoms with E-state index < -0.39 is 24.4 Å². The van der Waals surface area contributed by atoms with Gasteiger partial charge in [-0.1, -0.05) is 64.5 Å². The molecular formula is C31H31BBrN3O4. The molecule has 2 N–H and O–H groups in total. The summed E-state index contributed by atoms with van der Waals surface area (Å²) in [5.74, 6) is -0.00746. The van der Waals surface area contributed by atoms with Crippen LogP contribution in [0.2, 0.25) is 0 Å². The van der Waals surface area contributed by atoms with Gasteiger partial charge in [0, 0.05) is 22.3 Å². The summed E-state index contributed by atoms with van der Waals surface area (Å²) >= 11 is 3.50. The van der Waals surface area contributed by atoms with Gasteiger partial charge in [0.05, 0.1) is 22.4 Å². The van der Waals surface area contributed by atoms with Gasteiger partial charge >= 0.3 is 13.2 Å². The maximum atomic E-state index is 13.0. The van der Waals surface area contributed by atoms with E-state index in [1.807, 2.05) is 76.2 Å². The van der Waals surface area contributed by atoms with E-state index in [0.29, 0.717) is 0 Å². The summed E-state index contributed by atoms with van der Waals surface area (Å²) in [7, 11) is -0.646. The molecule has 1 saturated heterocycles. The molecule has 4 aromatic rings. The average Bonchev–Trinajstić information content (AvgIpc) is 3.53. The number of hydrogen-bond acceptors (Lipinski definition) is 5. The van der Waals surface area contributed by atoms with E-state index in [0.717, 1.165) is 26.5 Å². The number of aromatic nitrogens is 2. The van der Waals surface area contributed by atoms with Crippen molar-refractivity contribution in [2.75, 3.05) is 13.2 Å². The van der Waals surface area contributed by atoms with Gasteiger partial charge in [-0.3, -0.25) is 5.10 Å². The quantitative estimate of drug-likeness (QED) is 0.236. The molecule has 9 heteroatoms. The second-order valence-electron chi connectivity index (χ2n) is 11.3. The smallest absolute Gasteiger partial charge is 0.449 e. The highest BCUT2D eigenvalue weighted by Gasteiger charge is 2.52. The molecule has 2 aliphatic rings. The molecule has 40 heavy (non-hydrogen) atoms. The Morgan fingerprint density at radius 2 is 1.65 bits per heavy atom. The van der Waals surface area contributed by atoms with Crippen LogP contribution < -0.4 is 5.32 Å². The average molecular weight is 600 g/mol. The third kappa shape index (κ3) is 4.87. The number of nitrogens with zero attached hydrogens (tertiary/aromatic N) is 1. The minimum Gasteiger partial charge on any atom is -0.449 e. The molecule has 1 amide bonds. The molecule has 7 nitrogen and oxygen atoms in total. The van der Waals surface area contributed by atoms with Crippen molar-refractivity contribution in [2.45, 2.75) is 44.8 Å². The normalized spacial score (nSPS) is 17.6. The number of benzene rings is 3. The zero-order valence-electron chi connectivity index (χ0n) is 23.0. The monoisotopic (exact) mass is 599 g/mol. The van der Waals surface area contributed by atoms with Crippen LogP contribution in [0.25, 0.3) is 28.1 Å². The lowest BCUT2D eigenvalue weighted by atomic mass is 9.77. The molecule has 1 aromatic heterocycles. The molecule has 0 spiro atoms. The highest BCUT2D eigenvalue weighted by molar-refractivity contribution is 9.10. The number of ether oxygens (including phenoxy) is 1. The van der Waals surface area contributed by atoms with E-state index in [1.54, 1.807) is 0 Å². The van der Waals surface area contributed by atoms with Crippen molar-refractivity contribution in [2.24, 2.45) is 0 Å². The summed E-state index contributed by atoms with van der Waals surface area (Å²) in [6.45, 7) is 8.46. The number of hydrogen-bond donors (Lipinski definition) is 2. The molecule has 1 aliphatic heterocycles. The molecule has 2 heterocycles. The second-order valence-corrected chi connectivity index (χ2v) is 12.2. The van der Waals surface area contributed by atoms with Gasteiger partial charge in [-0.2, -0.15) is 5.10 Å². The van der Waals surface area contributed by atoms with Crippen molar-refractivity contribution in [3.05, 3.63) is 93.5 Å². The molecule has 0 saturated carbocycles. The van der Waals surface area contributed by atoms with E-state index in [-0.39, 0.29) is 19.1 Å². The fourth-order valence-electron chi connectivity index (χ4n) is 5.32. The Morgan fingerprint density at radius 3 is 2.30 bits per heavy atom. The Labute approximate surface area is 242 Å². The Hall–Kier alpha value is -3.40. The summed E-state index contributed by atoms with van der Waals surface area (Å²) in [5.41, 5.74) is 6.07. The number of H-pyrrole nitrogens is 1. The Kier molecular flexibility index (Phi) is 6.85. The zero-order chi connectivity index (χ0) is 28.1. The third-order valence-electron chi connectivity index (χ3n) is 8.21. The molecule has 0 atom stereocenters. The van der Waals surface area contributed by atoms with Crippen LogP contribution in [0.1, 0.15) is 50.4 Å². The Bertz CT molecular complexity index is 1570. The lowest BCUT2D eigenvalue weighted by Crippen LogP contribution is -2.41. The number of rotatable bonds is 6. The van der Waals surface area contributed by atoms with Gasteiger partial charge in [0.2, 0.25) is 0 Å². The van der Waals surface area contributed by atoms with Crippen LogP contribution >= 0.6 is 15.9 Å². The lowest BCUT2D eigenvalue weighted by molar-refractivity contribution is 0.00578. The van der Waals surface area contributed by atoms with Gasteiger partial charge in [0.15, 0.2) is 0 Å². The van der Waals surface area contributed by atoms with E-state index in [1.165, 1.54) is 22.3 Å². The summed E-state index contributed by atoms with van der Waals surface area (Å²) in [6, 6.07) is 22.5. The van der Waals surface area contributed by atoms with Crippen LogP contribution in [0, 0.1) is 0 Å². The van der Waals surface area contributed by atoms with E-state index in [9.17, 15) is 4.79 Å². The number of carbonyl (C=O) groups is 1. The molecule has 0 bridgehead atoms. The Morgan fingerprint density at radius 1 is 1.02 bits per heavy atom. The zero-order valence-corrected chi connectivity index (χ0v) is 24.5. The highest BCUT2D eigenvalue weighted by atomic mass is 79.9.